The lowest BCUT2D eigenvalue weighted by Crippen LogP contribution is -2.49. The van der Waals surface area contributed by atoms with Gasteiger partial charge < -0.3 is 0 Å². The molecule has 0 spiro atoms. The quantitative estimate of drug-likeness (QED) is 0.824. The SMILES string of the molecule is c1cc(CN2CCCN3CCCC32)ccc1CN1CCCN2CCCC21. The molecule has 4 heteroatoms. The molecule has 0 aliphatic carbocycles. The fourth-order valence-corrected chi connectivity index (χ4v) is 5.81. The van der Waals surface area contributed by atoms with Crippen molar-refractivity contribution in [2.24, 2.45) is 0 Å². The van der Waals surface area contributed by atoms with Crippen molar-refractivity contribution in [2.75, 3.05) is 39.3 Å². The van der Waals surface area contributed by atoms with Crippen LogP contribution in [0.1, 0.15) is 49.7 Å². The maximum Gasteiger partial charge on any atom is 0.0625 e. The molecular formula is C22H34N4. The van der Waals surface area contributed by atoms with Crippen LogP contribution in [0.25, 0.3) is 0 Å². The number of fused-ring (bicyclic) bond motifs is 2. The Hall–Kier alpha value is -0.940. The van der Waals surface area contributed by atoms with Crippen LogP contribution in [0.15, 0.2) is 24.3 Å². The first-order valence-corrected chi connectivity index (χ1v) is 10.9. The van der Waals surface area contributed by atoms with Crippen LogP contribution in [-0.2, 0) is 13.1 Å². The summed E-state index contributed by atoms with van der Waals surface area (Å²) >= 11 is 0. The molecule has 4 heterocycles. The van der Waals surface area contributed by atoms with E-state index >= 15 is 0 Å². The minimum atomic E-state index is 0.713. The molecule has 26 heavy (non-hydrogen) atoms. The molecule has 0 amide bonds. The van der Waals surface area contributed by atoms with Crippen molar-refractivity contribution >= 4 is 0 Å². The fourth-order valence-electron chi connectivity index (χ4n) is 5.81. The van der Waals surface area contributed by atoms with Crippen molar-refractivity contribution in [1.29, 1.82) is 0 Å². The van der Waals surface area contributed by atoms with Crippen LogP contribution in [-0.4, -0.2) is 71.2 Å². The molecule has 142 valence electrons. The number of benzene rings is 1. The van der Waals surface area contributed by atoms with Gasteiger partial charge in [0, 0.05) is 39.3 Å². The third kappa shape index (κ3) is 3.45. The summed E-state index contributed by atoms with van der Waals surface area (Å²) in [6.07, 6.45) is 9.59. The summed E-state index contributed by atoms with van der Waals surface area (Å²) in [5, 5.41) is 0. The molecule has 4 nitrogen and oxygen atoms in total. The number of hydrogen-bond donors (Lipinski definition) is 0. The minimum Gasteiger partial charge on any atom is -0.288 e. The molecule has 0 bridgehead atoms. The van der Waals surface area contributed by atoms with E-state index in [-0.39, 0.29) is 0 Å². The van der Waals surface area contributed by atoms with Crippen molar-refractivity contribution in [3.63, 3.8) is 0 Å². The second-order valence-corrected chi connectivity index (χ2v) is 8.78. The Kier molecular flexibility index (Phi) is 5.01. The molecule has 0 N–H and O–H groups in total. The van der Waals surface area contributed by atoms with Crippen LogP contribution in [0.5, 0.6) is 0 Å². The number of rotatable bonds is 4. The molecule has 0 saturated carbocycles. The smallest absolute Gasteiger partial charge is 0.0625 e. The molecule has 4 aliphatic rings. The van der Waals surface area contributed by atoms with Crippen molar-refractivity contribution in [3.8, 4) is 0 Å². The molecule has 4 fully saturated rings. The van der Waals surface area contributed by atoms with E-state index in [1.165, 1.54) is 88.9 Å². The summed E-state index contributed by atoms with van der Waals surface area (Å²) in [5.41, 5.74) is 2.98. The van der Waals surface area contributed by atoms with E-state index < -0.39 is 0 Å². The molecule has 2 atom stereocenters. The van der Waals surface area contributed by atoms with E-state index in [0.29, 0.717) is 12.3 Å². The van der Waals surface area contributed by atoms with Gasteiger partial charge >= 0.3 is 0 Å². The maximum absolute atomic E-state index is 2.71. The summed E-state index contributed by atoms with van der Waals surface area (Å²) in [7, 11) is 0. The van der Waals surface area contributed by atoms with Gasteiger partial charge in [0.05, 0.1) is 12.3 Å². The molecule has 0 aromatic heterocycles. The highest BCUT2D eigenvalue weighted by Gasteiger charge is 2.33. The molecule has 2 unspecified atom stereocenters. The Balaban J connectivity index is 1.20. The topological polar surface area (TPSA) is 13.0 Å². The van der Waals surface area contributed by atoms with Crippen LogP contribution in [0.2, 0.25) is 0 Å². The van der Waals surface area contributed by atoms with Gasteiger partial charge in [-0.15, -0.1) is 0 Å². The number of hydrogen-bond acceptors (Lipinski definition) is 4. The summed E-state index contributed by atoms with van der Waals surface area (Å²) < 4.78 is 0. The Labute approximate surface area is 158 Å². The zero-order chi connectivity index (χ0) is 17.3. The third-order valence-electron chi connectivity index (χ3n) is 7.08. The monoisotopic (exact) mass is 354 g/mol. The third-order valence-corrected chi connectivity index (χ3v) is 7.08. The Morgan fingerprint density at radius 2 is 1.00 bits per heavy atom. The maximum atomic E-state index is 2.71. The second-order valence-electron chi connectivity index (χ2n) is 8.78. The van der Waals surface area contributed by atoms with Crippen LogP contribution < -0.4 is 0 Å². The summed E-state index contributed by atoms with van der Waals surface area (Å²) in [6, 6.07) is 9.55. The van der Waals surface area contributed by atoms with Gasteiger partial charge in [-0.1, -0.05) is 24.3 Å². The molecule has 1 aromatic carbocycles. The van der Waals surface area contributed by atoms with Gasteiger partial charge in [-0.25, -0.2) is 0 Å². The van der Waals surface area contributed by atoms with Gasteiger partial charge in [0.15, 0.2) is 0 Å². The van der Waals surface area contributed by atoms with Crippen molar-refractivity contribution < 1.29 is 0 Å². The summed E-state index contributed by atoms with van der Waals surface area (Å²) in [5.74, 6) is 0. The standard InChI is InChI=1S/C22H34N4/c1-5-21-23(11-1)13-3-15-25(21)17-19-7-9-20(10-8-19)18-26-16-4-14-24-12-2-6-22(24)26/h7-10,21-22H,1-6,11-18H2. The van der Waals surface area contributed by atoms with Crippen LogP contribution in [0.3, 0.4) is 0 Å². The highest BCUT2D eigenvalue weighted by molar-refractivity contribution is 5.23. The Morgan fingerprint density at radius 1 is 0.577 bits per heavy atom. The summed E-state index contributed by atoms with van der Waals surface area (Å²) in [4.78, 5) is 10.8. The minimum absolute atomic E-state index is 0.713. The molecule has 0 radical (unpaired) electrons. The molecule has 1 aromatic rings. The van der Waals surface area contributed by atoms with Crippen LogP contribution >= 0.6 is 0 Å². The average Bonchev–Trinajstić information content (AvgIpc) is 3.33. The molecule has 4 aliphatic heterocycles. The molecule has 4 saturated heterocycles. The molecular weight excluding hydrogens is 320 g/mol. The van der Waals surface area contributed by atoms with Gasteiger partial charge in [-0.05, 0) is 62.7 Å². The van der Waals surface area contributed by atoms with E-state index in [1.807, 2.05) is 0 Å². The van der Waals surface area contributed by atoms with E-state index in [2.05, 4.69) is 43.9 Å². The lowest BCUT2D eigenvalue weighted by Gasteiger charge is -2.40. The van der Waals surface area contributed by atoms with Gasteiger partial charge in [-0.2, -0.15) is 0 Å². The fraction of sp³-hybridized carbons (Fsp3) is 0.727. The van der Waals surface area contributed by atoms with E-state index in [9.17, 15) is 0 Å². The lowest BCUT2D eigenvalue weighted by atomic mass is 10.1. The Bertz CT molecular complexity index is 548. The lowest BCUT2D eigenvalue weighted by molar-refractivity contribution is 0.0280. The Morgan fingerprint density at radius 3 is 1.46 bits per heavy atom. The second kappa shape index (κ2) is 7.59. The van der Waals surface area contributed by atoms with Crippen LogP contribution in [0, 0.1) is 0 Å². The first kappa shape index (κ1) is 17.2. The van der Waals surface area contributed by atoms with E-state index in [4.69, 9.17) is 0 Å². The van der Waals surface area contributed by atoms with Crippen molar-refractivity contribution in [1.82, 2.24) is 19.6 Å². The zero-order valence-corrected chi connectivity index (χ0v) is 16.2. The normalized spacial score (nSPS) is 31.2. The van der Waals surface area contributed by atoms with Gasteiger partial charge in [-0.3, -0.25) is 19.6 Å². The van der Waals surface area contributed by atoms with Gasteiger partial charge in [0.25, 0.3) is 0 Å². The first-order chi connectivity index (χ1) is 12.9. The zero-order valence-electron chi connectivity index (χ0n) is 16.2. The molecule has 5 rings (SSSR count). The highest BCUT2D eigenvalue weighted by atomic mass is 15.4. The number of nitrogens with zero attached hydrogens (tertiary/aromatic N) is 4. The summed E-state index contributed by atoms with van der Waals surface area (Å²) in [6.45, 7) is 10.1. The largest absolute Gasteiger partial charge is 0.288 e. The van der Waals surface area contributed by atoms with Crippen molar-refractivity contribution in [2.45, 2.75) is 63.9 Å². The van der Waals surface area contributed by atoms with Gasteiger partial charge in [0.2, 0.25) is 0 Å². The average molecular weight is 355 g/mol. The highest BCUT2D eigenvalue weighted by Crippen LogP contribution is 2.28. The first-order valence-electron chi connectivity index (χ1n) is 10.9. The van der Waals surface area contributed by atoms with Crippen molar-refractivity contribution in [3.05, 3.63) is 35.4 Å². The predicted molar refractivity (Wildman–Crippen MR) is 106 cm³/mol. The van der Waals surface area contributed by atoms with Crippen LogP contribution in [0.4, 0.5) is 0 Å². The van der Waals surface area contributed by atoms with E-state index in [0.717, 1.165) is 13.1 Å². The van der Waals surface area contributed by atoms with E-state index in [1.54, 1.807) is 0 Å². The predicted octanol–water partition coefficient (Wildman–Crippen LogP) is 2.94. The van der Waals surface area contributed by atoms with Gasteiger partial charge in [0.1, 0.15) is 0 Å².